The smallest absolute Gasteiger partial charge is 0.261 e. The van der Waals surface area contributed by atoms with Crippen LogP contribution in [0, 0.1) is 0 Å². The molecule has 0 radical (unpaired) electrons. The summed E-state index contributed by atoms with van der Waals surface area (Å²) in [6, 6.07) is 5.62. The third kappa shape index (κ3) is 3.06. The second kappa shape index (κ2) is 5.96. The average Bonchev–Trinajstić information content (AvgIpc) is 3.10. The Labute approximate surface area is 133 Å². The molecule has 116 valence electrons. The maximum Gasteiger partial charge on any atom is 0.261 e. The Balaban J connectivity index is 1.57. The van der Waals surface area contributed by atoms with E-state index in [0.717, 1.165) is 17.0 Å². The molecule has 1 N–H and O–H groups in total. The van der Waals surface area contributed by atoms with Crippen molar-refractivity contribution in [1.82, 2.24) is 20.3 Å². The molecule has 0 fully saturated rings. The number of benzene rings is 1. The number of amides is 1. The van der Waals surface area contributed by atoms with Gasteiger partial charge in [0.2, 0.25) is 0 Å². The molecular formula is C15H17ClN4O2. The van der Waals surface area contributed by atoms with Crippen molar-refractivity contribution >= 4 is 17.5 Å². The van der Waals surface area contributed by atoms with Crippen molar-refractivity contribution in [2.24, 2.45) is 0 Å². The van der Waals surface area contributed by atoms with Gasteiger partial charge in [-0.05, 0) is 37.6 Å². The Hall–Kier alpha value is -2.08. The first-order valence-electron chi connectivity index (χ1n) is 7.16. The van der Waals surface area contributed by atoms with E-state index in [9.17, 15) is 4.79 Å². The predicted molar refractivity (Wildman–Crippen MR) is 81.8 cm³/mol. The summed E-state index contributed by atoms with van der Waals surface area (Å²) >= 11 is 5.95. The second-order valence-electron chi connectivity index (χ2n) is 5.56. The third-order valence-corrected chi connectivity index (χ3v) is 3.76. The van der Waals surface area contributed by atoms with E-state index in [1.54, 1.807) is 16.8 Å². The highest BCUT2D eigenvalue weighted by molar-refractivity contribution is 6.30. The van der Waals surface area contributed by atoms with E-state index >= 15 is 0 Å². The van der Waals surface area contributed by atoms with Crippen LogP contribution in [0.25, 0.3) is 0 Å². The fourth-order valence-electron chi connectivity index (χ4n) is 2.30. The van der Waals surface area contributed by atoms with Gasteiger partial charge in [0.05, 0.1) is 12.7 Å². The van der Waals surface area contributed by atoms with Crippen LogP contribution in [0.3, 0.4) is 0 Å². The lowest BCUT2D eigenvalue weighted by Crippen LogP contribution is -2.37. The Morgan fingerprint density at radius 2 is 2.36 bits per heavy atom. The molecule has 0 saturated carbocycles. The van der Waals surface area contributed by atoms with E-state index in [2.05, 4.69) is 15.6 Å². The highest BCUT2D eigenvalue weighted by Crippen LogP contribution is 2.31. The molecule has 2 heterocycles. The monoisotopic (exact) mass is 320 g/mol. The molecule has 1 amide bonds. The molecule has 7 heteroatoms. The SMILES string of the molecule is CC(C)n1cc(CNC(=O)C2Cc3cc(Cl)ccc3O2)nn1. The molecular weight excluding hydrogens is 304 g/mol. The summed E-state index contributed by atoms with van der Waals surface area (Å²) in [5.74, 6) is 0.557. The molecule has 22 heavy (non-hydrogen) atoms. The lowest BCUT2D eigenvalue weighted by Gasteiger charge is -2.10. The van der Waals surface area contributed by atoms with Crippen LogP contribution in [0.1, 0.15) is 31.1 Å². The molecule has 3 rings (SSSR count). The van der Waals surface area contributed by atoms with Gasteiger partial charge in [0.25, 0.3) is 5.91 Å². The van der Waals surface area contributed by atoms with E-state index in [1.807, 2.05) is 26.1 Å². The van der Waals surface area contributed by atoms with E-state index in [1.165, 1.54) is 0 Å². The molecule has 1 aliphatic rings. The van der Waals surface area contributed by atoms with Crippen LogP contribution < -0.4 is 10.1 Å². The predicted octanol–water partition coefficient (Wildman–Crippen LogP) is 2.13. The van der Waals surface area contributed by atoms with Crippen LogP contribution in [-0.2, 0) is 17.8 Å². The molecule has 1 aromatic heterocycles. The molecule has 1 atom stereocenters. The zero-order chi connectivity index (χ0) is 15.7. The van der Waals surface area contributed by atoms with E-state index in [-0.39, 0.29) is 11.9 Å². The number of nitrogens with zero attached hydrogens (tertiary/aromatic N) is 3. The fraction of sp³-hybridized carbons (Fsp3) is 0.400. The van der Waals surface area contributed by atoms with Crippen molar-refractivity contribution in [2.45, 2.75) is 39.0 Å². The van der Waals surface area contributed by atoms with Crippen molar-refractivity contribution in [2.75, 3.05) is 0 Å². The van der Waals surface area contributed by atoms with Gasteiger partial charge in [-0.1, -0.05) is 16.8 Å². The fourth-order valence-corrected chi connectivity index (χ4v) is 2.50. The Morgan fingerprint density at radius 3 is 3.09 bits per heavy atom. The number of aromatic nitrogens is 3. The van der Waals surface area contributed by atoms with Gasteiger partial charge in [0.1, 0.15) is 11.4 Å². The Bertz CT molecular complexity index is 699. The minimum absolute atomic E-state index is 0.161. The van der Waals surface area contributed by atoms with Gasteiger partial charge in [-0.15, -0.1) is 5.10 Å². The van der Waals surface area contributed by atoms with Crippen molar-refractivity contribution in [3.05, 3.63) is 40.7 Å². The number of hydrogen-bond acceptors (Lipinski definition) is 4. The van der Waals surface area contributed by atoms with Crippen molar-refractivity contribution in [3.63, 3.8) is 0 Å². The van der Waals surface area contributed by atoms with Gasteiger partial charge in [-0.3, -0.25) is 4.79 Å². The number of carbonyl (C=O) groups excluding carboxylic acids is 1. The van der Waals surface area contributed by atoms with Crippen LogP contribution in [0.5, 0.6) is 5.75 Å². The molecule has 0 aliphatic carbocycles. The summed E-state index contributed by atoms with van der Waals surface area (Å²) in [4.78, 5) is 12.2. The van der Waals surface area contributed by atoms with Crippen LogP contribution in [-0.4, -0.2) is 27.0 Å². The van der Waals surface area contributed by atoms with Gasteiger partial charge in [0, 0.05) is 17.5 Å². The zero-order valence-electron chi connectivity index (χ0n) is 12.4. The summed E-state index contributed by atoms with van der Waals surface area (Å²) in [6.45, 7) is 4.38. The number of fused-ring (bicyclic) bond motifs is 1. The highest BCUT2D eigenvalue weighted by atomic mass is 35.5. The second-order valence-corrected chi connectivity index (χ2v) is 6.00. The molecule has 0 spiro atoms. The van der Waals surface area contributed by atoms with Crippen molar-refractivity contribution < 1.29 is 9.53 Å². The number of halogens is 1. The third-order valence-electron chi connectivity index (χ3n) is 3.52. The molecule has 6 nitrogen and oxygen atoms in total. The lowest BCUT2D eigenvalue weighted by atomic mass is 10.1. The van der Waals surface area contributed by atoms with Crippen LogP contribution >= 0.6 is 11.6 Å². The summed E-state index contributed by atoms with van der Waals surface area (Å²) in [5, 5.41) is 11.5. The summed E-state index contributed by atoms with van der Waals surface area (Å²) in [6.07, 6.45) is 1.84. The van der Waals surface area contributed by atoms with Gasteiger partial charge >= 0.3 is 0 Å². The number of rotatable bonds is 4. The van der Waals surface area contributed by atoms with Crippen LogP contribution in [0.2, 0.25) is 5.02 Å². The van der Waals surface area contributed by atoms with Crippen LogP contribution in [0.4, 0.5) is 0 Å². The Morgan fingerprint density at radius 1 is 1.55 bits per heavy atom. The highest BCUT2D eigenvalue weighted by Gasteiger charge is 2.29. The summed E-state index contributed by atoms with van der Waals surface area (Å²) in [5.41, 5.74) is 1.68. The Kier molecular flexibility index (Phi) is 4.02. The average molecular weight is 321 g/mol. The maximum absolute atomic E-state index is 12.2. The first-order valence-corrected chi connectivity index (χ1v) is 7.54. The van der Waals surface area contributed by atoms with Gasteiger partial charge in [0.15, 0.2) is 6.10 Å². The standard InChI is InChI=1S/C15H17ClN4O2/c1-9(2)20-8-12(18-19-20)7-17-15(21)14-6-10-5-11(16)3-4-13(10)22-14/h3-5,8-9,14H,6-7H2,1-2H3,(H,17,21). The number of carbonyl (C=O) groups is 1. The number of hydrogen-bond donors (Lipinski definition) is 1. The van der Waals surface area contributed by atoms with Gasteiger partial charge < -0.3 is 10.1 Å². The first kappa shape index (κ1) is 14.8. The zero-order valence-corrected chi connectivity index (χ0v) is 13.2. The van der Waals surface area contributed by atoms with E-state index < -0.39 is 6.10 Å². The molecule has 1 unspecified atom stereocenters. The number of ether oxygens (including phenoxy) is 1. The minimum Gasteiger partial charge on any atom is -0.480 e. The minimum atomic E-state index is -0.520. The van der Waals surface area contributed by atoms with E-state index in [0.29, 0.717) is 18.0 Å². The molecule has 1 aliphatic heterocycles. The van der Waals surface area contributed by atoms with Crippen LogP contribution in [0.15, 0.2) is 24.4 Å². The van der Waals surface area contributed by atoms with Crippen molar-refractivity contribution in [3.8, 4) is 5.75 Å². The molecule has 0 saturated heterocycles. The van der Waals surface area contributed by atoms with Gasteiger partial charge in [-0.2, -0.15) is 0 Å². The molecule has 2 aromatic rings. The van der Waals surface area contributed by atoms with E-state index in [4.69, 9.17) is 16.3 Å². The summed E-state index contributed by atoms with van der Waals surface area (Å²) in [7, 11) is 0. The molecule has 0 bridgehead atoms. The lowest BCUT2D eigenvalue weighted by molar-refractivity contribution is -0.127. The molecule has 1 aromatic carbocycles. The maximum atomic E-state index is 12.2. The topological polar surface area (TPSA) is 69.0 Å². The van der Waals surface area contributed by atoms with Gasteiger partial charge in [-0.25, -0.2) is 4.68 Å². The number of nitrogens with one attached hydrogen (secondary N) is 1. The first-order chi connectivity index (χ1) is 10.5. The quantitative estimate of drug-likeness (QED) is 0.937. The van der Waals surface area contributed by atoms with Crippen molar-refractivity contribution in [1.29, 1.82) is 0 Å². The normalized spacial score (nSPS) is 16.5. The summed E-state index contributed by atoms with van der Waals surface area (Å²) < 4.78 is 7.40. The largest absolute Gasteiger partial charge is 0.480 e.